The fraction of sp³-hybridized carbons (Fsp3) is 0.588. The maximum atomic E-state index is 12.1. The first kappa shape index (κ1) is 15.0. The molecule has 1 aromatic carbocycles. The fourth-order valence-corrected chi connectivity index (χ4v) is 2.87. The van der Waals surface area contributed by atoms with Crippen molar-refractivity contribution in [2.45, 2.75) is 38.1 Å². The van der Waals surface area contributed by atoms with Crippen molar-refractivity contribution in [2.75, 3.05) is 20.6 Å². The second kappa shape index (κ2) is 7.44. The number of nitrogens with one attached hydrogen (secondary N) is 1. The number of carbonyl (C=O) groups excluding carboxylic acids is 1. The van der Waals surface area contributed by atoms with Crippen LogP contribution in [0.4, 0.5) is 0 Å². The molecule has 2 rings (SSSR count). The zero-order chi connectivity index (χ0) is 14.4. The van der Waals surface area contributed by atoms with E-state index in [9.17, 15) is 4.79 Å². The van der Waals surface area contributed by atoms with Gasteiger partial charge in [-0.2, -0.15) is 0 Å². The van der Waals surface area contributed by atoms with E-state index in [0.29, 0.717) is 6.04 Å². The molecule has 0 radical (unpaired) electrons. The van der Waals surface area contributed by atoms with Crippen LogP contribution in [-0.2, 0) is 11.2 Å². The monoisotopic (exact) mass is 274 g/mol. The lowest BCUT2D eigenvalue weighted by atomic mass is 10.0. The van der Waals surface area contributed by atoms with Gasteiger partial charge in [0.1, 0.15) is 0 Å². The summed E-state index contributed by atoms with van der Waals surface area (Å²) in [5.74, 6) is 0.511. The zero-order valence-corrected chi connectivity index (χ0v) is 12.6. The van der Waals surface area contributed by atoms with Crippen LogP contribution in [0.2, 0.25) is 0 Å². The van der Waals surface area contributed by atoms with Crippen molar-refractivity contribution in [2.24, 2.45) is 5.92 Å². The van der Waals surface area contributed by atoms with Gasteiger partial charge >= 0.3 is 0 Å². The minimum absolute atomic E-state index is 0.252. The van der Waals surface area contributed by atoms with E-state index < -0.39 is 0 Å². The molecule has 1 aliphatic carbocycles. The molecule has 20 heavy (non-hydrogen) atoms. The Morgan fingerprint density at radius 1 is 1.25 bits per heavy atom. The second-order valence-corrected chi connectivity index (χ2v) is 6.03. The lowest BCUT2D eigenvalue weighted by molar-refractivity contribution is -0.125. The highest BCUT2D eigenvalue weighted by Gasteiger charge is 2.23. The number of carbonyl (C=O) groups is 1. The van der Waals surface area contributed by atoms with Gasteiger partial charge in [-0.05, 0) is 38.9 Å². The zero-order valence-electron chi connectivity index (χ0n) is 12.6. The van der Waals surface area contributed by atoms with Crippen LogP contribution in [0.1, 0.15) is 31.2 Å². The summed E-state index contributed by atoms with van der Waals surface area (Å²) in [6, 6.07) is 10.8. The molecule has 1 aliphatic rings. The summed E-state index contributed by atoms with van der Waals surface area (Å²) in [5, 5.41) is 3.15. The van der Waals surface area contributed by atoms with E-state index in [1.165, 1.54) is 18.4 Å². The molecule has 0 heterocycles. The predicted molar refractivity (Wildman–Crippen MR) is 82.6 cm³/mol. The molecule has 1 saturated carbocycles. The van der Waals surface area contributed by atoms with Crippen LogP contribution in [0.15, 0.2) is 30.3 Å². The van der Waals surface area contributed by atoms with Gasteiger partial charge in [-0.1, -0.05) is 43.2 Å². The van der Waals surface area contributed by atoms with E-state index in [0.717, 1.165) is 25.8 Å². The third-order valence-electron chi connectivity index (χ3n) is 4.28. The van der Waals surface area contributed by atoms with Crippen molar-refractivity contribution in [3.05, 3.63) is 35.9 Å². The molecule has 0 spiro atoms. The Hall–Kier alpha value is -1.35. The number of hydrogen-bond donors (Lipinski definition) is 1. The quantitative estimate of drug-likeness (QED) is 0.864. The van der Waals surface area contributed by atoms with Crippen molar-refractivity contribution in [1.29, 1.82) is 0 Å². The topological polar surface area (TPSA) is 32.3 Å². The molecule has 0 bridgehead atoms. The van der Waals surface area contributed by atoms with Gasteiger partial charge in [0.2, 0.25) is 5.91 Å². The molecule has 0 unspecified atom stereocenters. The molecule has 1 fully saturated rings. The first-order chi connectivity index (χ1) is 9.66. The molecule has 1 amide bonds. The van der Waals surface area contributed by atoms with Crippen molar-refractivity contribution >= 4 is 5.91 Å². The summed E-state index contributed by atoms with van der Waals surface area (Å²) in [5.41, 5.74) is 1.32. The van der Waals surface area contributed by atoms with Gasteiger partial charge < -0.3 is 10.2 Å². The molecule has 3 nitrogen and oxygen atoms in total. The third kappa shape index (κ3) is 4.34. The summed E-state index contributed by atoms with van der Waals surface area (Å²) in [6.45, 7) is 0.733. The van der Waals surface area contributed by atoms with Gasteiger partial charge in [-0.25, -0.2) is 0 Å². The molecule has 1 N–H and O–H groups in total. The average molecular weight is 274 g/mol. The summed E-state index contributed by atoms with van der Waals surface area (Å²) < 4.78 is 0. The maximum Gasteiger partial charge on any atom is 0.223 e. The first-order valence-electron chi connectivity index (χ1n) is 7.65. The standard InChI is InChI=1S/C17H26N2O/c1-19(2)16(12-14-8-4-3-5-9-14)13-18-17(20)15-10-6-7-11-15/h3-5,8-9,15-16H,6-7,10-13H2,1-2H3,(H,18,20)/t16-/m1/s1. The Kier molecular flexibility index (Phi) is 5.60. The van der Waals surface area contributed by atoms with Crippen molar-refractivity contribution in [3.63, 3.8) is 0 Å². The lowest BCUT2D eigenvalue weighted by Crippen LogP contribution is -2.43. The van der Waals surface area contributed by atoms with E-state index in [-0.39, 0.29) is 11.8 Å². The van der Waals surface area contributed by atoms with Crippen LogP contribution in [0.25, 0.3) is 0 Å². The number of nitrogens with zero attached hydrogens (tertiary/aromatic N) is 1. The minimum Gasteiger partial charge on any atom is -0.354 e. The van der Waals surface area contributed by atoms with Gasteiger partial charge in [-0.3, -0.25) is 4.79 Å². The molecule has 0 aliphatic heterocycles. The Morgan fingerprint density at radius 2 is 1.90 bits per heavy atom. The Morgan fingerprint density at radius 3 is 2.50 bits per heavy atom. The van der Waals surface area contributed by atoms with Crippen molar-refractivity contribution in [3.8, 4) is 0 Å². The fourth-order valence-electron chi connectivity index (χ4n) is 2.87. The smallest absolute Gasteiger partial charge is 0.223 e. The van der Waals surface area contributed by atoms with Crippen LogP contribution in [0.3, 0.4) is 0 Å². The highest BCUT2D eigenvalue weighted by molar-refractivity contribution is 5.78. The first-order valence-corrected chi connectivity index (χ1v) is 7.65. The van der Waals surface area contributed by atoms with E-state index in [2.05, 4.69) is 48.6 Å². The molecule has 1 aromatic rings. The van der Waals surface area contributed by atoms with Crippen molar-refractivity contribution < 1.29 is 4.79 Å². The molecule has 3 heteroatoms. The lowest BCUT2D eigenvalue weighted by Gasteiger charge is -2.25. The van der Waals surface area contributed by atoms with Crippen molar-refractivity contribution in [1.82, 2.24) is 10.2 Å². The molecular formula is C17H26N2O. The van der Waals surface area contributed by atoms with E-state index >= 15 is 0 Å². The Bertz CT molecular complexity index is 410. The second-order valence-electron chi connectivity index (χ2n) is 6.03. The molecule has 0 saturated heterocycles. The predicted octanol–water partition coefficient (Wildman–Crippen LogP) is 2.47. The van der Waals surface area contributed by atoms with Gasteiger partial charge in [0.25, 0.3) is 0 Å². The number of amides is 1. The highest BCUT2D eigenvalue weighted by atomic mass is 16.1. The van der Waals surface area contributed by atoms with Gasteiger partial charge in [-0.15, -0.1) is 0 Å². The Balaban J connectivity index is 1.84. The molecule has 1 atom stereocenters. The van der Waals surface area contributed by atoms with Crippen LogP contribution in [0, 0.1) is 5.92 Å². The average Bonchev–Trinajstić information content (AvgIpc) is 2.98. The van der Waals surface area contributed by atoms with Gasteiger partial charge in [0, 0.05) is 18.5 Å². The molecule has 110 valence electrons. The number of hydrogen-bond acceptors (Lipinski definition) is 2. The van der Waals surface area contributed by atoms with Gasteiger partial charge in [0.05, 0.1) is 0 Å². The van der Waals surface area contributed by atoms with E-state index in [4.69, 9.17) is 0 Å². The number of likely N-dealkylation sites (N-methyl/N-ethyl adjacent to an activating group) is 1. The third-order valence-corrected chi connectivity index (χ3v) is 4.28. The number of benzene rings is 1. The van der Waals surface area contributed by atoms with E-state index in [1.54, 1.807) is 0 Å². The normalized spacial score (nSPS) is 17.4. The van der Waals surface area contributed by atoms with E-state index in [1.807, 2.05) is 6.07 Å². The van der Waals surface area contributed by atoms with Crippen LogP contribution >= 0.6 is 0 Å². The van der Waals surface area contributed by atoms with Crippen LogP contribution in [0.5, 0.6) is 0 Å². The highest BCUT2D eigenvalue weighted by Crippen LogP contribution is 2.24. The molecule has 0 aromatic heterocycles. The Labute approximate surface area is 122 Å². The summed E-state index contributed by atoms with van der Waals surface area (Å²) in [6.07, 6.45) is 5.52. The minimum atomic E-state index is 0.252. The molecular weight excluding hydrogens is 248 g/mol. The van der Waals surface area contributed by atoms with Crippen LogP contribution < -0.4 is 5.32 Å². The summed E-state index contributed by atoms with van der Waals surface area (Å²) in [4.78, 5) is 14.3. The maximum absolute atomic E-state index is 12.1. The SMILES string of the molecule is CN(C)[C@@H](CNC(=O)C1CCCC1)Cc1ccccc1. The van der Waals surface area contributed by atoms with Gasteiger partial charge in [0.15, 0.2) is 0 Å². The largest absolute Gasteiger partial charge is 0.354 e. The summed E-state index contributed by atoms with van der Waals surface area (Å²) in [7, 11) is 4.16. The number of rotatable bonds is 6. The van der Waals surface area contributed by atoms with Crippen LogP contribution in [-0.4, -0.2) is 37.5 Å². The summed E-state index contributed by atoms with van der Waals surface area (Å²) >= 11 is 0.